The van der Waals surface area contributed by atoms with E-state index in [9.17, 15) is 15.0 Å². The molecule has 0 fully saturated rings. The van der Waals surface area contributed by atoms with Crippen LogP contribution in [0.15, 0.2) is 53.7 Å². The zero-order chi connectivity index (χ0) is 19.1. The van der Waals surface area contributed by atoms with Crippen LogP contribution in [0.5, 0.6) is 11.5 Å². The SMILES string of the molecule is CCOC(=O)C1=C(C)Nc2nc3ccccc3n2[C@@H]1c1ccc(O)c(O)c1. The number of rotatable bonds is 3. The van der Waals surface area contributed by atoms with Crippen molar-refractivity contribution in [1.82, 2.24) is 9.55 Å². The fourth-order valence-corrected chi connectivity index (χ4v) is 3.46. The van der Waals surface area contributed by atoms with Gasteiger partial charge in [0.2, 0.25) is 5.95 Å². The second kappa shape index (κ2) is 6.35. The number of esters is 1. The van der Waals surface area contributed by atoms with Crippen LogP contribution >= 0.6 is 0 Å². The molecule has 1 aromatic heterocycles. The zero-order valence-corrected chi connectivity index (χ0v) is 14.9. The monoisotopic (exact) mass is 365 g/mol. The van der Waals surface area contributed by atoms with Gasteiger partial charge >= 0.3 is 5.97 Å². The number of nitrogens with zero attached hydrogens (tertiary/aromatic N) is 2. The first-order valence-electron chi connectivity index (χ1n) is 8.65. The van der Waals surface area contributed by atoms with Crippen LogP contribution in [0.1, 0.15) is 25.5 Å². The Hall–Kier alpha value is -3.48. The van der Waals surface area contributed by atoms with Crippen molar-refractivity contribution in [3.63, 3.8) is 0 Å². The van der Waals surface area contributed by atoms with E-state index in [1.807, 2.05) is 28.8 Å². The number of ether oxygens (including phenoxy) is 1. The summed E-state index contributed by atoms with van der Waals surface area (Å²) in [5.74, 6) is -0.317. The molecule has 138 valence electrons. The number of phenols is 2. The van der Waals surface area contributed by atoms with Gasteiger partial charge in [0, 0.05) is 5.70 Å². The topological polar surface area (TPSA) is 96.6 Å². The first-order chi connectivity index (χ1) is 13.0. The minimum absolute atomic E-state index is 0.221. The fraction of sp³-hybridized carbons (Fsp3) is 0.200. The van der Waals surface area contributed by atoms with Gasteiger partial charge in [-0.05, 0) is 43.7 Å². The molecule has 0 spiro atoms. The summed E-state index contributed by atoms with van der Waals surface area (Å²) in [5, 5.41) is 22.9. The number of hydrogen-bond acceptors (Lipinski definition) is 6. The van der Waals surface area contributed by atoms with E-state index >= 15 is 0 Å². The fourth-order valence-electron chi connectivity index (χ4n) is 3.46. The molecule has 2 aromatic carbocycles. The molecule has 1 aliphatic heterocycles. The molecule has 1 atom stereocenters. The standard InChI is InChI=1S/C20H19N3O4/c1-3-27-19(26)17-11(2)21-20-22-13-6-4-5-7-14(13)23(20)18(17)12-8-9-15(24)16(25)10-12/h4-10,18,24-25H,3H2,1-2H3,(H,21,22)/t18-/m1/s1. The molecule has 27 heavy (non-hydrogen) atoms. The maximum absolute atomic E-state index is 12.7. The molecular weight excluding hydrogens is 346 g/mol. The summed E-state index contributed by atoms with van der Waals surface area (Å²) in [4.78, 5) is 17.4. The normalized spacial score (nSPS) is 16.1. The molecule has 4 rings (SSSR count). The number of fused-ring (bicyclic) bond motifs is 3. The van der Waals surface area contributed by atoms with E-state index in [-0.39, 0.29) is 18.1 Å². The maximum atomic E-state index is 12.7. The number of anilines is 1. The first-order valence-corrected chi connectivity index (χ1v) is 8.65. The number of phenolic OH excluding ortho intramolecular Hbond substituents is 2. The van der Waals surface area contributed by atoms with Crippen LogP contribution in [0.25, 0.3) is 11.0 Å². The van der Waals surface area contributed by atoms with E-state index in [1.54, 1.807) is 19.9 Å². The van der Waals surface area contributed by atoms with Crippen LogP contribution in [-0.4, -0.2) is 32.3 Å². The molecule has 0 radical (unpaired) electrons. The van der Waals surface area contributed by atoms with E-state index in [0.29, 0.717) is 22.8 Å². The van der Waals surface area contributed by atoms with Gasteiger partial charge in [-0.25, -0.2) is 9.78 Å². The Kier molecular flexibility index (Phi) is 3.99. The van der Waals surface area contributed by atoms with Gasteiger partial charge in [-0.2, -0.15) is 0 Å². The van der Waals surface area contributed by atoms with Crippen LogP contribution in [0.2, 0.25) is 0 Å². The van der Waals surface area contributed by atoms with Crippen LogP contribution in [-0.2, 0) is 9.53 Å². The molecule has 7 nitrogen and oxygen atoms in total. The molecule has 1 aliphatic rings. The first kappa shape index (κ1) is 17.0. The number of allylic oxidation sites excluding steroid dienone is 1. The highest BCUT2D eigenvalue weighted by atomic mass is 16.5. The van der Waals surface area contributed by atoms with Crippen molar-refractivity contribution in [2.45, 2.75) is 19.9 Å². The number of carbonyl (C=O) groups is 1. The maximum Gasteiger partial charge on any atom is 0.338 e. The Labute approximate surface area is 155 Å². The summed E-state index contributed by atoms with van der Waals surface area (Å²) in [7, 11) is 0. The van der Waals surface area contributed by atoms with E-state index in [1.165, 1.54) is 12.1 Å². The average Bonchev–Trinajstić information content (AvgIpc) is 3.00. The van der Waals surface area contributed by atoms with E-state index < -0.39 is 12.0 Å². The minimum atomic E-state index is -0.556. The van der Waals surface area contributed by atoms with Crippen molar-refractivity contribution in [3.05, 3.63) is 59.3 Å². The number of carbonyl (C=O) groups excluding carboxylic acids is 1. The molecular formula is C20H19N3O4. The van der Waals surface area contributed by atoms with Gasteiger partial charge in [0.15, 0.2) is 11.5 Å². The lowest BCUT2D eigenvalue weighted by atomic mass is 9.94. The molecule has 0 saturated carbocycles. The Morgan fingerprint density at radius 1 is 1.22 bits per heavy atom. The largest absolute Gasteiger partial charge is 0.504 e. The van der Waals surface area contributed by atoms with Gasteiger partial charge in [-0.15, -0.1) is 0 Å². The Bertz CT molecular complexity index is 1080. The molecule has 2 heterocycles. The number of benzene rings is 2. The smallest absolute Gasteiger partial charge is 0.338 e. The highest BCUT2D eigenvalue weighted by Gasteiger charge is 2.35. The average molecular weight is 365 g/mol. The van der Waals surface area contributed by atoms with Gasteiger partial charge in [0.05, 0.1) is 29.3 Å². The third-order valence-corrected chi connectivity index (χ3v) is 4.64. The van der Waals surface area contributed by atoms with Crippen molar-refractivity contribution in [2.75, 3.05) is 11.9 Å². The number of aromatic hydroxyl groups is 2. The Balaban J connectivity index is 1.99. The second-order valence-corrected chi connectivity index (χ2v) is 6.33. The van der Waals surface area contributed by atoms with Gasteiger partial charge in [-0.1, -0.05) is 18.2 Å². The van der Waals surface area contributed by atoms with E-state index in [4.69, 9.17) is 4.74 Å². The molecule has 3 N–H and O–H groups in total. The molecule has 3 aromatic rings. The van der Waals surface area contributed by atoms with Crippen molar-refractivity contribution < 1.29 is 19.7 Å². The second-order valence-electron chi connectivity index (χ2n) is 6.33. The predicted molar refractivity (Wildman–Crippen MR) is 101 cm³/mol. The molecule has 0 amide bonds. The molecule has 0 bridgehead atoms. The molecule has 7 heteroatoms. The van der Waals surface area contributed by atoms with Crippen molar-refractivity contribution in [2.24, 2.45) is 0 Å². The van der Waals surface area contributed by atoms with Crippen LogP contribution in [0.4, 0.5) is 5.95 Å². The summed E-state index contributed by atoms with van der Waals surface area (Å²) in [6.07, 6.45) is 0. The predicted octanol–water partition coefficient (Wildman–Crippen LogP) is 3.30. The van der Waals surface area contributed by atoms with Gasteiger partial charge in [-0.3, -0.25) is 4.57 Å². The number of hydrogen-bond donors (Lipinski definition) is 3. The van der Waals surface area contributed by atoms with E-state index in [2.05, 4.69) is 10.3 Å². The summed E-state index contributed by atoms with van der Waals surface area (Å²) in [6.45, 7) is 3.80. The minimum Gasteiger partial charge on any atom is -0.504 e. The summed E-state index contributed by atoms with van der Waals surface area (Å²) in [6, 6.07) is 11.6. The van der Waals surface area contributed by atoms with Gasteiger partial charge < -0.3 is 20.3 Å². The lowest BCUT2D eigenvalue weighted by molar-refractivity contribution is -0.139. The summed E-state index contributed by atoms with van der Waals surface area (Å²) >= 11 is 0. The van der Waals surface area contributed by atoms with E-state index in [0.717, 1.165) is 11.0 Å². The highest BCUT2D eigenvalue weighted by Crippen LogP contribution is 2.41. The molecule has 0 saturated heterocycles. The number of nitrogens with one attached hydrogen (secondary N) is 1. The Morgan fingerprint density at radius 3 is 2.74 bits per heavy atom. The van der Waals surface area contributed by atoms with Crippen LogP contribution < -0.4 is 5.32 Å². The van der Waals surface area contributed by atoms with Gasteiger partial charge in [0.1, 0.15) is 0 Å². The molecule has 0 aliphatic carbocycles. The van der Waals surface area contributed by atoms with Crippen molar-refractivity contribution in [3.8, 4) is 11.5 Å². The zero-order valence-electron chi connectivity index (χ0n) is 14.9. The lowest BCUT2D eigenvalue weighted by Crippen LogP contribution is -2.29. The highest BCUT2D eigenvalue weighted by molar-refractivity contribution is 5.94. The van der Waals surface area contributed by atoms with Crippen molar-refractivity contribution in [1.29, 1.82) is 0 Å². The number of aromatic nitrogens is 2. The Morgan fingerprint density at radius 2 is 2.00 bits per heavy atom. The quantitative estimate of drug-likeness (QED) is 0.487. The van der Waals surface area contributed by atoms with Gasteiger partial charge in [0.25, 0.3) is 0 Å². The summed E-state index contributed by atoms with van der Waals surface area (Å²) < 4.78 is 7.18. The number of para-hydroxylation sites is 2. The van der Waals surface area contributed by atoms with Crippen molar-refractivity contribution >= 4 is 23.0 Å². The third-order valence-electron chi connectivity index (χ3n) is 4.64. The molecule has 0 unspecified atom stereocenters. The lowest BCUT2D eigenvalue weighted by Gasteiger charge is -2.30. The third kappa shape index (κ3) is 2.68. The van der Waals surface area contributed by atoms with Crippen LogP contribution in [0, 0.1) is 0 Å². The number of imidazole rings is 1. The van der Waals surface area contributed by atoms with Crippen LogP contribution in [0.3, 0.4) is 0 Å². The summed E-state index contributed by atoms with van der Waals surface area (Å²) in [5.41, 5.74) is 3.32.